The van der Waals surface area contributed by atoms with Crippen molar-refractivity contribution in [3.8, 4) is 11.5 Å². The molecule has 0 aliphatic rings. The zero-order valence-electron chi connectivity index (χ0n) is 11.4. The van der Waals surface area contributed by atoms with Crippen LogP contribution in [0.15, 0.2) is 42.7 Å². The molecule has 20 heavy (non-hydrogen) atoms. The van der Waals surface area contributed by atoms with E-state index in [9.17, 15) is 4.79 Å². The quantitative estimate of drug-likeness (QED) is 0.904. The third-order valence-electron chi connectivity index (χ3n) is 2.86. The van der Waals surface area contributed by atoms with Crippen molar-refractivity contribution in [1.82, 2.24) is 10.3 Å². The highest BCUT2D eigenvalue weighted by molar-refractivity contribution is 5.97. The number of amides is 1. The number of hydrogen-bond donors (Lipinski definition) is 1. The molecule has 1 N–H and O–H groups in total. The Labute approximate surface area is 117 Å². The summed E-state index contributed by atoms with van der Waals surface area (Å²) in [5.41, 5.74) is 1.46. The molecule has 1 heterocycles. The first-order valence-electron chi connectivity index (χ1n) is 6.13. The van der Waals surface area contributed by atoms with E-state index < -0.39 is 0 Å². The lowest BCUT2D eigenvalue weighted by atomic mass is 10.1. The number of carbonyl (C=O) groups excluding carboxylic acids is 1. The summed E-state index contributed by atoms with van der Waals surface area (Å²) in [5.74, 6) is 0.936. The Morgan fingerprint density at radius 3 is 2.55 bits per heavy atom. The van der Waals surface area contributed by atoms with Crippen LogP contribution in [0.1, 0.15) is 15.9 Å². The number of hydrogen-bond acceptors (Lipinski definition) is 4. The molecule has 5 heteroatoms. The second kappa shape index (κ2) is 6.56. The normalized spacial score (nSPS) is 9.90. The highest BCUT2D eigenvalue weighted by Gasteiger charge is 2.12. The zero-order valence-corrected chi connectivity index (χ0v) is 11.4. The second-order valence-corrected chi connectivity index (χ2v) is 4.10. The van der Waals surface area contributed by atoms with E-state index in [1.54, 1.807) is 37.7 Å². The molecule has 0 spiro atoms. The first-order chi connectivity index (χ1) is 9.74. The molecule has 0 saturated heterocycles. The SMILES string of the molecule is COc1ccc(C(=O)NCc2ccncc2)c(OC)c1. The molecule has 2 rings (SSSR count). The predicted molar refractivity (Wildman–Crippen MR) is 75.0 cm³/mol. The number of rotatable bonds is 5. The summed E-state index contributed by atoms with van der Waals surface area (Å²) in [6.07, 6.45) is 3.38. The second-order valence-electron chi connectivity index (χ2n) is 4.10. The maximum atomic E-state index is 12.1. The monoisotopic (exact) mass is 272 g/mol. The maximum Gasteiger partial charge on any atom is 0.255 e. The van der Waals surface area contributed by atoms with Crippen molar-refractivity contribution in [2.45, 2.75) is 6.54 Å². The van der Waals surface area contributed by atoms with E-state index in [-0.39, 0.29) is 5.91 Å². The molecule has 1 amide bonds. The minimum atomic E-state index is -0.193. The van der Waals surface area contributed by atoms with E-state index in [4.69, 9.17) is 9.47 Å². The minimum absolute atomic E-state index is 0.193. The maximum absolute atomic E-state index is 12.1. The molecule has 0 fully saturated rings. The summed E-state index contributed by atoms with van der Waals surface area (Å²) < 4.78 is 10.3. The van der Waals surface area contributed by atoms with Crippen LogP contribution in [0.4, 0.5) is 0 Å². The van der Waals surface area contributed by atoms with E-state index in [0.717, 1.165) is 5.56 Å². The van der Waals surface area contributed by atoms with Gasteiger partial charge in [0.15, 0.2) is 0 Å². The van der Waals surface area contributed by atoms with Crippen LogP contribution in [0.3, 0.4) is 0 Å². The van der Waals surface area contributed by atoms with Gasteiger partial charge in [0.1, 0.15) is 11.5 Å². The molecule has 0 aliphatic carbocycles. The smallest absolute Gasteiger partial charge is 0.255 e. The van der Waals surface area contributed by atoms with Crippen molar-refractivity contribution in [2.75, 3.05) is 14.2 Å². The number of aromatic nitrogens is 1. The summed E-state index contributed by atoms with van der Waals surface area (Å²) in [6, 6.07) is 8.79. The van der Waals surface area contributed by atoms with E-state index in [2.05, 4.69) is 10.3 Å². The Morgan fingerprint density at radius 2 is 1.90 bits per heavy atom. The first kappa shape index (κ1) is 13.9. The minimum Gasteiger partial charge on any atom is -0.497 e. The van der Waals surface area contributed by atoms with Gasteiger partial charge in [0, 0.05) is 25.0 Å². The number of carbonyl (C=O) groups is 1. The molecular formula is C15H16N2O3. The molecular weight excluding hydrogens is 256 g/mol. The third kappa shape index (κ3) is 3.26. The van der Waals surface area contributed by atoms with Crippen LogP contribution in [0.5, 0.6) is 11.5 Å². The van der Waals surface area contributed by atoms with E-state index in [1.807, 2.05) is 12.1 Å². The van der Waals surface area contributed by atoms with Crippen molar-refractivity contribution in [3.63, 3.8) is 0 Å². The Morgan fingerprint density at radius 1 is 1.15 bits per heavy atom. The van der Waals surface area contributed by atoms with Crippen molar-refractivity contribution >= 4 is 5.91 Å². The van der Waals surface area contributed by atoms with Crippen LogP contribution >= 0.6 is 0 Å². The van der Waals surface area contributed by atoms with Gasteiger partial charge >= 0.3 is 0 Å². The molecule has 5 nitrogen and oxygen atoms in total. The molecule has 0 radical (unpaired) electrons. The van der Waals surface area contributed by atoms with Gasteiger partial charge < -0.3 is 14.8 Å². The van der Waals surface area contributed by atoms with Crippen molar-refractivity contribution in [1.29, 1.82) is 0 Å². The third-order valence-corrected chi connectivity index (χ3v) is 2.86. The van der Waals surface area contributed by atoms with E-state index in [0.29, 0.717) is 23.6 Å². The van der Waals surface area contributed by atoms with Crippen LogP contribution in [0.25, 0.3) is 0 Å². The lowest BCUT2D eigenvalue weighted by molar-refractivity contribution is 0.0948. The van der Waals surface area contributed by atoms with E-state index in [1.165, 1.54) is 7.11 Å². The van der Waals surface area contributed by atoms with Crippen LogP contribution in [0.2, 0.25) is 0 Å². The van der Waals surface area contributed by atoms with Gasteiger partial charge in [-0.25, -0.2) is 0 Å². The van der Waals surface area contributed by atoms with E-state index >= 15 is 0 Å². The molecule has 104 valence electrons. The molecule has 1 aromatic carbocycles. The van der Waals surface area contributed by atoms with Gasteiger partial charge in [-0.05, 0) is 29.8 Å². The van der Waals surface area contributed by atoms with Gasteiger partial charge in [-0.15, -0.1) is 0 Å². The molecule has 0 bridgehead atoms. The van der Waals surface area contributed by atoms with Crippen molar-refractivity contribution in [2.24, 2.45) is 0 Å². The van der Waals surface area contributed by atoms with Crippen LogP contribution in [-0.2, 0) is 6.54 Å². The van der Waals surface area contributed by atoms with Crippen molar-refractivity contribution < 1.29 is 14.3 Å². The Bertz CT molecular complexity index is 585. The average molecular weight is 272 g/mol. The fourth-order valence-corrected chi connectivity index (χ4v) is 1.76. The number of methoxy groups -OCH3 is 2. The van der Waals surface area contributed by atoms with Gasteiger partial charge in [0.05, 0.1) is 19.8 Å². The van der Waals surface area contributed by atoms with Gasteiger partial charge in [-0.1, -0.05) is 0 Å². The predicted octanol–water partition coefficient (Wildman–Crippen LogP) is 2.03. The zero-order chi connectivity index (χ0) is 14.4. The number of nitrogens with zero attached hydrogens (tertiary/aromatic N) is 1. The highest BCUT2D eigenvalue weighted by atomic mass is 16.5. The average Bonchev–Trinajstić information content (AvgIpc) is 2.52. The molecule has 0 unspecified atom stereocenters. The Kier molecular flexibility index (Phi) is 4.55. The summed E-state index contributed by atoms with van der Waals surface area (Å²) in [4.78, 5) is 16.1. The summed E-state index contributed by atoms with van der Waals surface area (Å²) in [5, 5.41) is 2.84. The number of ether oxygens (including phenoxy) is 2. The first-order valence-corrected chi connectivity index (χ1v) is 6.13. The van der Waals surface area contributed by atoms with Crippen LogP contribution in [-0.4, -0.2) is 25.1 Å². The summed E-state index contributed by atoms with van der Waals surface area (Å²) in [7, 11) is 3.09. The Hall–Kier alpha value is -2.56. The fourth-order valence-electron chi connectivity index (χ4n) is 1.76. The van der Waals surface area contributed by atoms with Gasteiger partial charge in [0.25, 0.3) is 5.91 Å². The number of pyridine rings is 1. The molecule has 0 atom stereocenters. The van der Waals surface area contributed by atoms with Gasteiger partial charge in [-0.3, -0.25) is 9.78 Å². The summed E-state index contributed by atoms with van der Waals surface area (Å²) >= 11 is 0. The van der Waals surface area contributed by atoms with Crippen molar-refractivity contribution in [3.05, 3.63) is 53.9 Å². The van der Waals surface area contributed by atoms with Gasteiger partial charge in [-0.2, -0.15) is 0 Å². The topological polar surface area (TPSA) is 60.5 Å². The summed E-state index contributed by atoms with van der Waals surface area (Å²) in [6.45, 7) is 0.441. The van der Waals surface area contributed by atoms with Gasteiger partial charge in [0.2, 0.25) is 0 Å². The lowest BCUT2D eigenvalue weighted by Crippen LogP contribution is -2.23. The standard InChI is InChI=1S/C15H16N2O3/c1-19-12-3-4-13(14(9-12)20-2)15(18)17-10-11-5-7-16-8-6-11/h3-9H,10H2,1-2H3,(H,17,18). The number of nitrogens with one attached hydrogen (secondary N) is 1. The van der Waals surface area contributed by atoms with Crippen LogP contribution in [0, 0.1) is 0 Å². The lowest BCUT2D eigenvalue weighted by Gasteiger charge is -2.10. The largest absolute Gasteiger partial charge is 0.497 e. The molecule has 2 aromatic rings. The van der Waals surface area contributed by atoms with Crippen LogP contribution < -0.4 is 14.8 Å². The molecule has 0 saturated carbocycles. The molecule has 1 aromatic heterocycles. The highest BCUT2D eigenvalue weighted by Crippen LogP contribution is 2.24. The Balaban J connectivity index is 2.09. The fraction of sp³-hybridized carbons (Fsp3) is 0.200. The number of benzene rings is 1. The molecule has 0 aliphatic heterocycles.